The van der Waals surface area contributed by atoms with Gasteiger partial charge in [0, 0.05) is 11.2 Å². The Morgan fingerprint density at radius 3 is 2.80 bits per heavy atom. The van der Waals surface area contributed by atoms with Gasteiger partial charge in [-0.3, -0.25) is 0 Å². The van der Waals surface area contributed by atoms with Gasteiger partial charge >= 0.3 is 0 Å². The van der Waals surface area contributed by atoms with Crippen molar-refractivity contribution in [2.45, 2.75) is 12.8 Å². The highest BCUT2D eigenvalue weighted by Crippen LogP contribution is 2.20. The number of benzene rings is 1. The molecule has 1 aromatic heterocycles. The predicted molar refractivity (Wildman–Crippen MR) is 62.9 cm³/mol. The van der Waals surface area contributed by atoms with Crippen LogP contribution >= 0.6 is 23.2 Å². The molecule has 0 radical (unpaired) electrons. The van der Waals surface area contributed by atoms with Crippen LogP contribution in [0, 0.1) is 6.92 Å². The highest BCUT2D eigenvalue weighted by molar-refractivity contribution is 6.30. The molecular weight excluding hydrogens is 231 g/mol. The lowest BCUT2D eigenvalue weighted by atomic mass is 10.2. The van der Waals surface area contributed by atoms with E-state index in [4.69, 9.17) is 23.2 Å². The van der Waals surface area contributed by atoms with Gasteiger partial charge in [-0.1, -0.05) is 11.6 Å². The Hall–Kier alpha value is -0.990. The highest BCUT2D eigenvalue weighted by atomic mass is 35.5. The van der Waals surface area contributed by atoms with Gasteiger partial charge in [-0.25, -0.2) is 4.68 Å². The van der Waals surface area contributed by atoms with Gasteiger partial charge in [0.1, 0.15) is 0 Å². The molecular formula is C11H10Cl2N2. The summed E-state index contributed by atoms with van der Waals surface area (Å²) in [6.45, 7) is 2.00. The van der Waals surface area contributed by atoms with Crippen LogP contribution in [0.1, 0.15) is 11.3 Å². The Labute approximate surface area is 98.4 Å². The summed E-state index contributed by atoms with van der Waals surface area (Å²) in [5.74, 6) is 0.446. The van der Waals surface area contributed by atoms with Gasteiger partial charge in [-0.15, -0.1) is 11.6 Å². The van der Waals surface area contributed by atoms with E-state index in [1.165, 1.54) is 0 Å². The first-order valence-electron chi connectivity index (χ1n) is 4.58. The van der Waals surface area contributed by atoms with Gasteiger partial charge in [0.05, 0.1) is 17.3 Å². The molecule has 0 aliphatic carbocycles. The van der Waals surface area contributed by atoms with Crippen LogP contribution in [0.4, 0.5) is 0 Å². The van der Waals surface area contributed by atoms with Crippen LogP contribution in [0.5, 0.6) is 0 Å². The van der Waals surface area contributed by atoms with Crippen molar-refractivity contribution in [1.29, 1.82) is 0 Å². The van der Waals surface area contributed by atoms with Crippen molar-refractivity contribution in [3.05, 3.63) is 46.7 Å². The van der Waals surface area contributed by atoms with Crippen molar-refractivity contribution in [3.8, 4) is 5.69 Å². The van der Waals surface area contributed by atoms with Crippen LogP contribution in [0.15, 0.2) is 30.5 Å². The molecule has 0 atom stereocenters. The summed E-state index contributed by atoms with van der Waals surface area (Å²) in [5, 5.41) is 4.97. The first kappa shape index (κ1) is 10.5. The van der Waals surface area contributed by atoms with Crippen LogP contribution in [0.3, 0.4) is 0 Å². The Bertz CT molecular complexity index is 477. The maximum Gasteiger partial charge on any atom is 0.0679 e. The Morgan fingerprint density at radius 1 is 1.33 bits per heavy atom. The molecule has 78 valence electrons. The SMILES string of the molecule is Cc1cc(Cl)ccc1-n1nccc1CCl. The predicted octanol–water partition coefficient (Wildman–Crippen LogP) is 3.57. The summed E-state index contributed by atoms with van der Waals surface area (Å²) in [6.07, 6.45) is 1.74. The number of aromatic nitrogens is 2. The van der Waals surface area contributed by atoms with Gasteiger partial charge in [0.15, 0.2) is 0 Å². The lowest BCUT2D eigenvalue weighted by molar-refractivity contribution is 0.834. The smallest absolute Gasteiger partial charge is 0.0679 e. The van der Waals surface area contributed by atoms with Crippen molar-refractivity contribution >= 4 is 23.2 Å². The molecule has 4 heteroatoms. The summed E-state index contributed by atoms with van der Waals surface area (Å²) in [6, 6.07) is 7.61. The molecule has 0 bridgehead atoms. The molecule has 0 N–H and O–H groups in total. The van der Waals surface area contributed by atoms with E-state index in [-0.39, 0.29) is 0 Å². The van der Waals surface area contributed by atoms with Crippen molar-refractivity contribution in [2.24, 2.45) is 0 Å². The summed E-state index contributed by atoms with van der Waals surface area (Å²) in [5.41, 5.74) is 3.07. The fourth-order valence-electron chi connectivity index (χ4n) is 1.51. The second-order valence-corrected chi connectivity index (χ2v) is 4.00. The summed E-state index contributed by atoms with van der Waals surface area (Å²) in [4.78, 5) is 0. The van der Waals surface area contributed by atoms with Gasteiger partial charge in [0.25, 0.3) is 0 Å². The first-order chi connectivity index (χ1) is 7.22. The van der Waals surface area contributed by atoms with E-state index in [2.05, 4.69) is 5.10 Å². The van der Waals surface area contributed by atoms with E-state index in [1.807, 2.05) is 35.9 Å². The second-order valence-electron chi connectivity index (χ2n) is 3.30. The Morgan fingerprint density at radius 2 is 2.13 bits per heavy atom. The third-order valence-electron chi connectivity index (χ3n) is 2.25. The molecule has 0 unspecified atom stereocenters. The van der Waals surface area contributed by atoms with Crippen LogP contribution in [0.2, 0.25) is 5.02 Å². The fourth-order valence-corrected chi connectivity index (χ4v) is 1.93. The summed E-state index contributed by atoms with van der Waals surface area (Å²) < 4.78 is 1.83. The van der Waals surface area contributed by atoms with Crippen molar-refractivity contribution in [2.75, 3.05) is 0 Å². The van der Waals surface area contributed by atoms with Gasteiger partial charge in [-0.2, -0.15) is 5.10 Å². The Balaban J connectivity index is 2.54. The maximum atomic E-state index is 5.90. The molecule has 0 aliphatic rings. The number of nitrogens with zero attached hydrogens (tertiary/aromatic N) is 2. The Kier molecular flexibility index (Phi) is 2.98. The third kappa shape index (κ3) is 2.01. The quantitative estimate of drug-likeness (QED) is 0.735. The van der Waals surface area contributed by atoms with E-state index in [9.17, 15) is 0 Å². The van der Waals surface area contributed by atoms with Gasteiger partial charge in [-0.05, 0) is 36.8 Å². The van der Waals surface area contributed by atoms with E-state index < -0.39 is 0 Å². The lowest BCUT2D eigenvalue weighted by Gasteiger charge is -2.08. The molecule has 0 saturated carbocycles. The van der Waals surface area contributed by atoms with Crippen molar-refractivity contribution < 1.29 is 0 Å². The minimum absolute atomic E-state index is 0.446. The molecule has 15 heavy (non-hydrogen) atoms. The van der Waals surface area contributed by atoms with Crippen LogP contribution in [-0.4, -0.2) is 9.78 Å². The maximum absolute atomic E-state index is 5.90. The zero-order chi connectivity index (χ0) is 10.8. The molecule has 0 spiro atoms. The van der Waals surface area contributed by atoms with E-state index >= 15 is 0 Å². The average Bonchev–Trinajstić information content (AvgIpc) is 2.65. The van der Waals surface area contributed by atoms with Crippen LogP contribution in [0.25, 0.3) is 5.69 Å². The molecule has 2 rings (SSSR count). The number of alkyl halides is 1. The normalized spacial score (nSPS) is 10.6. The van der Waals surface area contributed by atoms with Crippen molar-refractivity contribution in [1.82, 2.24) is 9.78 Å². The van der Waals surface area contributed by atoms with E-state index in [1.54, 1.807) is 6.20 Å². The molecule has 0 aliphatic heterocycles. The topological polar surface area (TPSA) is 17.8 Å². The molecule has 2 nitrogen and oxygen atoms in total. The minimum atomic E-state index is 0.446. The van der Waals surface area contributed by atoms with Crippen molar-refractivity contribution in [3.63, 3.8) is 0 Å². The molecule has 1 aromatic carbocycles. The minimum Gasteiger partial charge on any atom is -0.236 e. The standard InChI is InChI=1S/C11H10Cl2N2/c1-8-6-9(13)2-3-11(8)15-10(7-12)4-5-14-15/h2-6H,7H2,1H3. The summed E-state index contributed by atoms with van der Waals surface area (Å²) >= 11 is 11.7. The second kappa shape index (κ2) is 4.25. The number of rotatable bonds is 2. The molecule has 0 fully saturated rings. The van der Waals surface area contributed by atoms with Crippen LogP contribution in [-0.2, 0) is 5.88 Å². The molecule has 1 heterocycles. The van der Waals surface area contributed by atoms with Gasteiger partial charge < -0.3 is 0 Å². The number of halogens is 2. The van der Waals surface area contributed by atoms with E-state index in [0.717, 1.165) is 22.0 Å². The molecule has 0 amide bonds. The zero-order valence-electron chi connectivity index (χ0n) is 8.24. The largest absolute Gasteiger partial charge is 0.236 e. The highest BCUT2D eigenvalue weighted by Gasteiger charge is 2.06. The third-order valence-corrected chi connectivity index (χ3v) is 2.75. The molecule has 0 saturated heterocycles. The first-order valence-corrected chi connectivity index (χ1v) is 5.49. The molecule has 2 aromatic rings. The number of aryl methyl sites for hydroxylation is 1. The monoisotopic (exact) mass is 240 g/mol. The average molecular weight is 241 g/mol. The number of hydrogen-bond donors (Lipinski definition) is 0. The lowest BCUT2D eigenvalue weighted by Crippen LogP contribution is -2.02. The fraction of sp³-hybridized carbons (Fsp3) is 0.182. The van der Waals surface area contributed by atoms with Gasteiger partial charge in [0.2, 0.25) is 0 Å². The van der Waals surface area contributed by atoms with E-state index in [0.29, 0.717) is 5.88 Å². The summed E-state index contributed by atoms with van der Waals surface area (Å²) in [7, 11) is 0. The zero-order valence-corrected chi connectivity index (χ0v) is 9.76. The number of hydrogen-bond acceptors (Lipinski definition) is 1. The van der Waals surface area contributed by atoms with Crippen LogP contribution < -0.4 is 0 Å².